The van der Waals surface area contributed by atoms with Gasteiger partial charge in [-0.15, -0.1) is 0 Å². The Hall–Kier alpha value is -2.77. The summed E-state index contributed by atoms with van der Waals surface area (Å²) in [6.45, 7) is 3.06. The maximum atomic E-state index is 13.2. The van der Waals surface area contributed by atoms with Gasteiger partial charge in [-0.1, -0.05) is 41.6 Å². The summed E-state index contributed by atoms with van der Waals surface area (Å²) >= 11 is 7.62. The van der Waals surface area contributed by atoms with E-state index in [4.69, 9.17) is 16.3 Å². The van der Waals surface area contributed by atoms with Crippen LogP contribution in [-0.4, -0.2) is 49.4 Å². The molecule has 172 valence electrons. The number of likely N-dealkylation sites (N-methyl/N-ethyl adjacent to an activating group) is 1. The van der Waals surface area contributed by atoms with Crippen molar-refractivity contribution in [2.45, 2.75) is 24.7 Å². The molecule has 0 bridgehead atoms. The molecule has 6 nitrogen and oxygen atoms in total. The Labute approximate surface area is 202 Å². The number of halogens is 1. The van der Waals surface area contributed by atoms with Crippen molar-refractivity contribution in [3.05, 3.63) is 63.5 Å². The molecule has 1 atom stereocenters. The third-order valence-electron chi connectivity index (χ3n) is 5.82. The highest BCUT2D eigenvalue weighted by Gasteiger charge is 2.32. The molecule has 33 heavy (non-hydrogen) atoms. The van der Waals surface area contributed by atoms with Gasteiger partial charge in [-0.05, 0) is 55.7 Å². The highest BCUT2D eigenvalue weighted by atomic mass is 35.5. The van der Waals surface area contributed by atoms with E-state index in [1.165, 1.54) is 11.8 Å². The average Bonchev–Trinajstić information content (AvgIpc) is 2.83. The molecule has 2 aromatic rings. The zero-order valence-corrected chi connectivity index (χ0v) is 20.1. The Morgan fingerprint density at radius 3 is 2.79 bits per heavy atom. The van der Waals surface area contributed by atoms with Crippen molar-refractivity contribution in [1.82, 2.24) is 4.90 Å². The lowest BCUT2D eigenvalue weighted by Gasteiger charge is -2.32. The second kappa shape index (κ2) is 10.0. The van der Waals surface area contributed by atoms with E-state index >= 15 is 0 Å². The van der Waals surface area contributed by atoms with Crippen LogP contribution in [0.5, 0.6) is 0 Å². The number of piperidine rings is 1. The Morgan fingerprint density at radius 1 is 1.24 bits per heavy atom. The number of nitrogens with zero attached hydrogens (tertiary/aromatic N) is 2. The molecular formula is C25H25ClN2O4S. The molecule has 0 saturated carbocycles. The maximum absolute atomic E-state index is 13.2. The lowest BCUT2D eigenvalue weighted by atomic mass is 9.97. The number of thioether (sulfide) groups is 1. The monoisotopic (exact) mass is 484 g/mol. The summed E-state index contributed by atoms with van der Waals surface area (Å²) < 4.78 is 5.14. The molecular weight excluding hydrogens is 460 g/mol. The van der Waals surface area contributed by atoms with E-state index < -0.39 is 0 Å². The van der Waals surface area contributed by atoms with E-state index in [1.807, 2.05) is 24.3 Å². The number of esters is 1. The van der Waals surface area contributed by atoms with Crippen LogP contribution in [0.3, 0.4) is 0 Å². The number of benzene rings is 2. The summed E-state index contributed by atoms with van der Waals surface area (Å²) in [5, 5.41) is 0.579. The number of carbonyl (C=O) groups is 3. The molecule has 2 aromatic carbocycles. The van der Waals surface area contributed by atoms with Gasteiger partial charge in [-0.25, -0.2) is 0 Å². The van der Waals surface area contributed by atoms with E-state index in [1.54, 1.807) is 48.0 Å². The molecule has 0 aliphatic carbocycles. The minimum atomic E-state index is -0.294. The van der Waals surface area contributed by atoms with E-state index in [0.29, 0.717) is 40.9 Å². The minimum absolute atomic E-state index is 0.143. The SMILES string of the molecule is CCOC(=O)[C@H]1CCCN(C(=O)c2ccc3c(c2)N(C)C(=O)/C(=C/c2ccccc2Cl)S3)C1. The van der Waals surface area contributed by atoms with Crippen LogP contribution in [0.15, 0.2) is 52.3 Å². The third-order valence-corrected chi connectivity index (χ3v) is 7.24. The molecule has 0 radical (unpaired) electrons. The van der Waals surface area contributed by atoms with E-state index in [9.17, 15) is 14.4 Å². The molecule has 2 amide bonds. The number of carbonyl (C=O) groups excluding carboxylic acids is 3. The van der Waals surface area contributed by atoms with Crippen molar-refractivity contribution in [2.75, 3.05) is 31.6 Å². The molecule has 0 spiro atoms. The number of likely N-dealkylation sites (tertiary alicyclic amines) is 1. The van der Waals surface area contributed by atoms with Crippen LogP contribution in [0.25, 0.3) is 6.08 Å². The summed E-state index contributed by atoms with van der Waals surface area (Å²) in [6.07, 6.45) is 3.27. The molecule has 2 aliphatic rings. The van der Waals surface area contributed by atoms with Crippen molar-refractivity contribution in [3.63, 3.8) is 0 Å². The number of rotatable bonds is 4. The van der Waals surface area contributed by atoms with Gasteiger partial charge < -0.3 is 14.5 Å². The predicted molar refractivity (Wildman–Crippen MR) is 130 cm³/mol. The summed E-state index contributed by atoms with van der Waals surface area (Å²) in [4.78, 5) is 43.0. The summed E-state index contributed by atoms with van der Waals surface area (Å²) in [5.41, 5.74) is 1.96. The first-order chi connectivity index (χ1) is 15.9. The molecule has 0 unspecified atom stereocenters. The lowest BCUT2D eigenvalue weighted by molar-refractivity contribution is -0.149. The van der Waals surface area contributed by atoms with Gasteiger partial charge >= 0.3 is 5.97 Å². The van der Waals surface area contributed by atoms with Crippen molar-refractivity contribution < 1.29 is 19.1 Å². The summed E-state index contributed by atoms with van der Waals surface area (Å²) in [6, 6.07) is 12.8. The number of anilines is 1. The number of hydrogen-bond acceptors (Lipinski definition) is 5. The van der Waals surface area contributed by atoms with Gasteiger partial charge in [-0.3, -0.25) is 14.4 Å². The van der Waals surface area contributed by atoms with Crippen molar-refractivity contribution >= 4 is 52.9 Å². The van der Waals surface area contributed by atoms with Gasteiger partial charge in [0.1, 0.15) is 0 Å². The van der Waals surface area contributed by atoms with Gasteiger partial charge in [0.15, 0.2) is 0 Å². The average molecular weight is 485 g/mol. The third kappa shape index (κ3) is 4.94. The van der Waals surface area contributed by atoms with Crippen LogP contribution >= 0.6 is 23.4 Å². The zero-order chi connectivity index (χ0) is 23.5. The van der Waals surface area contributed by atoms with E-state index in [0.717, 1.165) is 23.3 Å². The first-order valence-corrected chi connectivity index (χ1v) is 12.1. The second-order valence-electron chi connectivity index (χ2n) is 8.02. The van der Waals surface area contributed by atoms with Crippen molar-refractivity contribution in [1.29, 1.82) is 0 Å². The fraction of sp³-hybridized carbons (Fsp3) is 0.320. The Balaban J connectivity index is 1.55. The Kier molecular flexibility index (Phi) is 7.10. The number of hydrogen-bond donors (Lipinski definition) is 0. The number of fused-ring (bicyclic) bond motifs is 1. The van der Waals surface area contributed by atoms with Crippen LogP contribution < -0.4 is 4.90 Å². The highest BCUT2D eigenvalue weighted by Crippen LogP contribution is 2.42. The molecule has 4 rings (SSSR count). The second-order valence-corrected chi connectivity index (χ2v) is 9.51. The topological polar surface area (TPSA) is 66.9 Å². The van der Waals surface area contributed by atoms with Crippen LogP contribution in [0.1, 0.15) is 35.7 Å². The van der Waals surface area contributed by atoms with E-state index in [-0.39, 0.29) is 23.7 Å². The molecule has 8 heteroatoms. The van der Waals surface area contributed by atoms with Crippen molar-refractivity contribution in [3.8, 4) is 0 Å². The van der Waals surface area contributed by atoms with E-state index in [2.05, 4.69) is 0 Å². The quantitative estimate of drug-likeness (QED) is 0.457. The van der Waals surface area contributed by atoms with Crippen LogP contribution in [0, 0.1) is 5.92 Å². The molecule has 2 aliphatic heterocycles. The fourth-order valence-corrected chi connectivity index (χ4v) is 5.33. The fourth-order valence-electron chi connectivity index (χ4n) is 4.06. The number of amides is 2. The van der Waals surface area contributed by atoms with Gasteiger partial charge in [-0.2, -0.15) is 0 Å². The minimum Gasteiger partial charge on any atom is -0.466 e. The molecule has 2 heterocycles. The Bertz CT molecular complexity index is 1130. The van der Waals surface area contributed by atoms with Gasteiger partial charge in [0.25, 0.3) is 11.8 Å². The first-order valence-electron chi connectivity index (χ1n) is 10.9. The van der Waals surface area contributed by atoms with Gasteiger partial charge in [0.05, 0.1) is 23.1 Å². The zero-order valence-electron chi connectivity index (χ0n) is 18.5. The predicted octanol–water partition coefficient (Wildman–Crippen LogP) is 4.86. The molecule has 1 fully saturated rings. The smallest absolute Gasteiger partial charge is 0.310 e. The molecule has 0 N–H and O–H groups in total. The standard InChI is InChI=1S/C25H25ClN2O4S/c1-3-32-25(31)18-8-6-12-28(15-18)23(29)17-10-11-21-20(13-17)27(2)24(30)22(33-21)14-16-7-4-5-9-19(16)26/h4-5,7,9-11,13-14,18H,3,6,8,12,15H2,1-2H3/b22-14-/t18-/m0/s1. The van der Waals surface area contributed by atoms with Crippen molar-refractivity contribution in [2.24, 2.45) is 5.92 Å². The molecule has 0 aromatic heterocycles. The highest BCUT2D eigenvalue weighted by molar-refractivity contribution is 8.04. The summed E-state index contributed by atoms with van der Waals surface area (Å²) in [7, 11) is 1.70. The lowest BCUT2D eigenvalue weighted by Crippen LogP contribution is -2.43. The normalized spacial score (nSPS) is 19.4. The Morgan fingerprint density at radius 2 is 2.03 bits per heavy atom. The first kappa shape index (κ1) is 23.4. The largest absolute Gasteiger partial charge is 0.466 e. The molecule has 1 saturated heterocycles. The van der Waals surface area contributed by atoms with Crippen LogP contribution in [0.2, 0.25) is 5.02 Å². The summed E-state index contributed by atoms with van der Waals surface area (Å²) in [5.74, 6) is -0.843. The van der Waals surface area contributed by atoms with Gasteiger partial charge in [0, 0.05) is 35.6 Å². The van der Waals surface area contributed by atoms with Crippen LogP contribution in [-0.2, 0) is 14.3 Å². The van der Waals surface area contributed by atoms with Gasteiger partial charge in [0.2, 0.25) is 0 Å². The maximum Gasteiger partial charge on any atom is 0.310 e. The van der Waals surface area contributed by atoms with Crippen LogP contribution in [0.4, 0.5) is 5.69 Å². The number of ether oxygens (including phenoxy) is 1.